The van der Waals surface area contributed by atoms with E-state index in [0.29, 0.717) is 13.2 Å². The third-order valence-corrected chi connectivity index (χ3v) is 19.8. The van der Waals surface area contributed by atoms with Crippen molar-refractivity contribution < 1.29 is 18.3 Å². The van der Waals surface area contributed by atoms with Gasteiger partial charge in [-0.05, 0) is 123 Å². The van der Waals surface area contributed by atoms with Gasteiger partial charge in [-0.3, -0.25) is 0 Å². The van der Waals surface area contributed by atoms with Crippen LogP contribution >= 0.6 is 0 Å². The summed E-state index contributed by atoms with van der Waals surface area (Å²) in [6.45, 7) is 29.6. The molecule has 1 aliphatic heterocycles. The second-order valence-electron chi connectivity index (χ2n) is 17.4. The molecule has 1 heterocycles. The third kappa shape index (κ3) is 13.0. The van der Waals surface area contributed by atoms with Crippen molar-refractivity contribution in [3.8, 4) is 0 Å². The van der Waals surface area contributed by atoms with Crippen LogP contribution in [0.25, 0.3) is 12.2 Å². The van der Waals surface area contributed by atoms with E-state index < -0.39 is 16.6 Å². The molecular weight excluding hydrogens is 613 g/mol. The number of aryl methyl sites for hydroxylation is 1. The Hall–Kier alpha value is -1.55. The number of hydrogen-bond acceptors (Lipinski definition) is 4. The summed E-state index contributed by atoms with van der Waals surface area (Å²) >= 11 is 0. The summed E-state index contributed by atoms with van der Waals surface area (Å²) < 4.78 is 25.4. The first-order chi connectivity index (χ1) is 21.8. The van der Waals surface area contributed by atoms with Gasteiger partial charge in [0.05, 0.1) is 18.8 Å². The van der Waals surface area contributed by atoms with Gasteiger partial charge in [0, 0.05) is 6.61 Å². The molecule has 6 heteroatoms. The molecule has 264 valence electrons. The van der Waals surface area contributed by atoms with Gasteiger partial charge in [0.25, 0.3) is 0 Å². The molecule has 47 heavy (non-hydrogen) atoms. The smallest absolute Gasteiger partial charge is 0.192 e. The van der Waals surface area contributed by atoms with Crippen LogP contribution < -0.4 is 0 Å². The van der Waals surface area contributed by atoms with Crippen LogP contribution in [0.2, 0.25) is 36.3 Å². The van der Waals surface area contributed by atoms with Gasteiger partial charge in [-0.25, -0.2) is 0 Å². The minimum atomic E-state index is -1.89. The number of ether oxygens (including phenoxy) is 2. The standard InChI is InChI=1S/C41H68O4Si2/c1-39(2,3)46(9,10)43-31-36-27-26-35(30-37(36)32-44-47(11,12)40(4,5)6)25-24-34-22-20-33(21-23-34)18-14-13-16-28-41(7,8)45-38-19-15-17-29-42-38/h20-27,30,38H,13-19,28-29,31-32H2,1-12H3. The molecule has 0 spiro atoms. The highest BCUT2D eigenvalue weighted by atomic mass is 28.4. The number of unbranched alkanes of at least 4 members (excludes halogenated alkanes) is 2. The van der Waals surface area contributed by atoms with E-state index in [9.17, 15) is 0 Å². The van der Waals surface area contributed by atoms with Crippen LogP contribution in [0, 0.1) is 0 Å². The van der Waals surface area contributed by atoms with Gasteiger partial charge < -0.3 is 18.3 Å². The molecule has 0 N–H and O–H groups in total. The average molecular weight is 681 g/mol. The van der Waals surface area contributed by atoms with Crippen molar-refractivity contribution in [3.05, 3.63) is 70.3 Å². The van der Waals surface area contributed by atoms with E-state index in [4.69, 9.17) is 18.3 Å². The molecule has 0 amide bonds. The molecule has 0 aromatic heterocycles. The predicted molar refractivity (Wildman–Crippen MR) is 207 cm³/mol. The van der Waals surface area contributed by atoms with Gasteiger partial charge in [-0.15, -0.1) is 0 Å². The molecule has 0 aliphatic carbocycles. The monoisotopic (exact) mass is 680 g/mol. The van der Waals surface area contributed by atoms with Crippen molar-refractivity contribution in [3.63, 3.8) is 0 Å². The van der Waals surface area contributed by atoms with Crippen molar-refractivity contribution >= 4 is 28.8 Å². The topological polar surface area (TPSA) is 36.9 Å². The molecule has 2 aromatic carbocycles. The first-order valence-electron chi connectivity index (χ1n) is 18.2. The Morgan fingerprint density at radius 2 is 1.28 bits per heavy atom. The lowest BCUT2D eigenvalue weighted by atomic mass is 9.98. The van der Waals surface area contributed by atoms with Crippen molar-refractivity contribution in [2.24, 2.45) is 0 Å². The van der Waals surface area contributed by atoms with Crippen molar-refractivity contribution in [2.75, 3.05) is 6.61 Å². The van der Waals surface area contributed by atoms with Gasteiger partial charge in [0.2, 0.25) is 0 Å². The Morgan fingerprint density at radius 1 is 0.702 bits per heavy atom. The van der Waals surface area contributed by atoms with E-state index >= 15 is 0 Å². The lowest BCUT2D eigenvalue weighted by molar-refractivity contribution is -0.217. The molecule has 3 rings (SSSR count). The van der Waals surface area contributed by atoms with Crippen LogP contribution in [0.5, 0.6) is 0 Å². The highest BCUT2D eigenvalue weighted by molar-refractivity contribution is 6.74. The fourth-order valence-electron chi connectivity index (χ4n) is 5.24. The summed E-state index contributed by atoms with van der Waals surface area (Å²) in [4.78, 5) is 0. The van der Waals surface area contributed by atoms with E-state index in [0.717, 1.165) is 32.3 Å². The molecule has 0 bridgehead atoms. The van der Waals surface area contributed by atoms with Crippen molar-refractivity contribution in [2.45, 2.75) is 168 Å². The summed E-state index contributed by atoms with van der Waals surface area (Å²) in [5, 5.41) is 0.351. The molecule has 1 atom stereocenters. The van der Waals surface area contributed by atoms with Crippen LogP contribution in [0.4, 0.5) is 0 Å². The average Bonchev–Trinajstić information content (AvgIpc) is 2.98. The molecule has 4 nitrogen and oxygen atoms in total. The van der Waals surface area contributed by atoms with Gasteiger partial charge in [-0.1, -0.05) is 103 Å². The largest absolute Gasteiger partial charge is 0.413 e. The summed E-state index contributed by atoms with van der Waals surface area (Å²) in [5.41, 5.74) is 6.19. The first kappa shape index (κ1) is 39.9. The van der Waals surface area contributed by atoms with Crippen LogP contribution in [0.1, 0.15) is 128 Å². The molecule has 1 saturated heterocycles. The second-order valence-corrected chi connectivity index (χ2v) is 27.1. The lowest BCUT2D eigenvalue weighted by Gasteiger charge is -2.37. The number of benzene rings is 2. The molecule has 1 unspecified atom stereocenters. The maximum absolute atomic E-state index is 6.70. The Kier molecular flexibility index (Phi) is 14.4. The summed E-state index contributed by atoms with van der Waals surface area (Å²) in [6.07, 6.45) is 13.6. The highest BCUT2D eigenvalue weighted by Gasteiger charge is 2.38. The zero-order valence-corrected chi connectivity index (χ0v) is 34.2. The minimum absolute atomic E-state index is 0.0129. The molecule has 1 aliphatic rings. The SMILES string of the molecule is CC(C)(CCCCCc1ccc(C=Cc2ccc(CO[Si](C)(C)C(C)(C)C)c(CO[Si](C)(C)C(C)(C)C)c2)cc1)OC1CCCCO1. The molecule has 1 fully saturated rings. The Labute approximate surface area is 291 Å². The molecule has 2 aromatic rings. The van der Waals surface area contributed by atoms with Gasteiger partial charge >= 0.3 is 0 Å². The van der Waals surface area contributed by atoms with E-state index in [1.807, 2.05) is 0 Å². The molecule has 0 saturated carbocycles. The summed E-state index contributed by atoms with van der Waals surface area (Å²) in [5.74, 6) is 0. The summed E-state index contributed by atoms with van der Waals surface area (Å²) in [7, 11) is -3.75. The molecular formula is C41H68O4Si2. The Morgan fingerprint density at radius 3 is 1.85 bits per heavy atom. The van der Waals surface area contributed by atoms with E-state index in [2.05, 4.69) is 136 Å². The predicted octanol–water partition coefficient (Wildman–Crippen LogP) is 12.3. The zero-order valence-electron chi connectivity index (χ0n) is 32.2. The summed E-state index contributed by atoms with van der Waals surface area (Å²) in [6, 6.07) is 15.8. The van der Waals surface area contributed by atoms with E-state index in [-0.39, 0.29) is 22.0 Å². The Balaban J connectivity index is 1.57. The van der Waals surface area contributed by atoms with E-state index in [1.165, 1.54) is 53.5 Å². The second kappa shape index (κ2) is 16.9. The van der Waals surface area contributed by atoms with Crippen molar-refractivity contribution in [1.82, 2.24) is 0 Å². The Bertz CT molecular complexity index is 1260. The van der Waals surface area contributed by atoms with Crippen molar-refractivity contribution in [1.29, 1.82) is 0 Å². The highest BCUT2D eigenvalue weighted by Crippen LogP contribution is 2.39. The lowest BCUT2D eigenvalue weighted by Crippen LogP contribution is -2.41. The minimum Gasteiger partial charge on any atom is -0.413 e. The number of hydrogen-bond donors (Lipinski definition) is 0. The van der Waals surface area contributed by atoms with Crippen LogP contribution in [-0.4, -0.2) is 35.1 Å². The maximum Gasteiger partial charge on any atom is 0.192 e. The fraction of sp³-hybridized carbons (Fsp3) is 0.659. The van der Waals surface area contributed by atoms with Crippen LogP contribution in [0.3, 0.4) is 0 Å². The van der Waals surface area contributed by atoms with Crippen LogP contribution in [0.15, 0.2) is 42.5 Å². The molecule has 0 radical (unpaired) electrons. The van der Waals surface area contributed by atoms with Gasteiger partial charge in [0.15, 0.2) is 22.9 Å². The fourth-order valence-corrected chi connectivity index (χ4v) is 7.14. The van der Waals surface area contributed by atoms with Crippen LogP contribution in [-0.2, 0) is 38.0 Å². The first-order valence-corrected chi connectivity index (χ1v) is 24.1. The quantitative estimate of drug-likeness (QED) is 0.100. The zero-order chi connectivity index (χ0) is 34.9. The van der Waals surface area contributed by atoms with Gasteiger partial charge in [-0.2, -0.15) is 0 Å². The van der Waals surface area contributed by atoms with E-state index in [1.54, 1.807) is 0 Å². The maximum atomic E-state index is 6.70. The normalized spacial score (nSPS) is 17.1. The number of rotatable bonds is 16. The van der Waals surface area contributed by atoms with Gasteiger partial charge in [0.1, 0.15) is 0 Å². The third-order valence-electron chi connectivity index (χ3n) is 10.8.